The van der Waals surface area contributed by atoms with Crippen LogP contribution >= 0.6 is 15.9 Å². The summed E-state index contributed by atoms with van der Waals surface area (Å²) in [5, 5.41) is 0. The Morgan fingerprint density at radius 1 is 1.05 bits per heavy atom. The predicted octanol–water partition coefficient (Wildman–Crippen LogP) is 3.74. The van der Waals surface area contributed by atoms with E-state index in [4.69, 9.17) is 9.47 Å². The monoisotopic (exact) mass is 363 g/mol. The summed E-state index contributed by atoms with van der Waals surface area (Å²) in [7, 11) is 4.90. The van der Waals surface area contributed by atoms with Gasteiger partial charge in [0.25, 0.3) is 5.91 Å². The van der Waals surface area contributed by atoms with Gasteiger partial charge >= 0.3 is 0 Å². The number of hydrogen-bond donors (Lipinski definition) is 0. The fourth-order valence-corrected chi connectivity index (χ4v) is 2.35. The molecule has 0 saturated carbocycles. The smallest absolute Gasteiger partial charge is 0.254 e. The standard InChI is InChI=1S/C17H18BrNO3/c1-19(11-12-4-6-14(18)7-5-12)17(20)13-8-15(21-2)10-16(9-13)22-3/h4-10H,11H2,1-3H3. The summed E-state index contributed by atoms with van der Waals surface area (Å²) in [4.78, 5) is 14.2. The van der Waals surface area contributed by atoms with Crippen molar-refractivity contribution < 1.29 is 14.3 Å². The number of benzene rings is 2. The number of rotatable bonds is 5. The second-order valence-corrected chi connectivity index (χ2v) is 5.80. The molecular weight excluding hydrogens is 346 g/mol. The van der Waals surface area contributed by atoms with Crippen molar-refractivity contribution in [2.75, 3.05) is 21.3 Å². The highest BCUT2D eigenvalue weighted by Crippen LogP contribution is 2.23. The minimum absolute atomic E-state index is 0.0832. The number of ether oxygens (including phenoxy) is 2. The molecule has 1 amide bonds. The number of halogens is 1. The van der Waals surface area contributed by atoms with Crippen LogP contribution in [0.15, 0.2) is 46.9 Å². The number of carbonyl (C=O) groups excluding carboxylic acids is 1. The van der Waals surface area contributed by atoms with Gasteiger partial charge in [0.15, 0.2) is 0 Å². The Bertz CT molecular complexity index is 633. The second-order valence-electron chi connectivity index (χ2n) is 4.89. The molecule has 0 atom stereocenters. The summed E-state index contributed by atoms with van der Waals surface area (Å²) in [6.45, 7) is 0.533. The van der Waals surface area contributed by atoms with E-state index in [0.29, 0.717) is 23.6 Å². The van der Waals surface area contributed by atoms with Gasteiger partial charge < -0.3 is 14.4 Å². The SMILES string of the molecule is COc1cc(OC)cc(C(=O)N(C)Cc2ccc(Br)cc2)c1. The third-order valence-electron chi connectivity index (χ3n) is 3.28. The van der Waals surface area contributed by atoms with Crippen LogP contribution in [0.25, 0.3) is 0 Å². The number of nitrogens with zero attached hydrogens (tertiary/aromatic N) is 1. The summed E-state index contributed by atoms with van der Waals surface area (Å²) in [5.41, 5.74) is 1.60. The maximum atomic E-state index is 12.6. The summed E-state index contributed by atoms with van der Waals surface area (Å²) < 4.78 is 11.4. The molecule has 0 aliphatic heterocycles. The van der Waals surface area contributed by atoms with Crippen molar-refractivity contribution in [3.63, 3.8) is 0 Å². The Morgan fingerprint density at radius 2 is 1.59 bits per heavy atom. The highest BCUT2D eigenvalue weighted by molar-refractivity contribution is 9.10. The van der Waals surface area contributed by atoms with Gasteiger partial charge in [0.05, 0.1) is 14.2 Å². The minimum Gasteiger partial charge on any atom is -0.497 e. The van der Waals surface area contributed by atoms with Crippen LogP contribution in [0.2, 0.25) is 0 Å². The van der Waals surface area contributed by atoms with Crippen LogP contribution in [0, 0.1) is 0 Å². The van der Waals surface area contributed by atoms with Gasteiger partial charge in [-0.3, -0.25) is 4.79 Å². The van der Waals surface area contributed by atoms with Crippen LogP contribution in [0.1, 0.15) is 15.9 Å². The largest absolute Gasteiger partial charge is 0.497 e. The molecule has 0 radical (unpaired) electrons. The Morgan fingerprint density at radius 3 is 2.09 bits per heavy atom. The van der Waals surface area contributed by atoms with Crippen LogP contribution < -0.4 is 9.47 Å². The van der Waals surface area contributed by atoms with Crippen molar-refractivity contribution in [2.24, 2.45) is 0 Å². The Balaban J connectivity index is 2.17. The molecule has 2 aromatic rings. The van der Waals surface area contributed by atoms with Crippen LogP contribution in [-0.2, 0) is 6.54 Å². The third kappa shape index (κ3) is 4.01. The molecule has 0 aliphatic rings. The first-order chi connectivity index (χ1) is 10.5. The first-order valence-corrected chi connectivity index (χ1v) is 7.55. The second kappa shape index (κ2) is 7.31. The molecule has 0 aliphatic carbocycles. The predicted molar refractivity (Wildman–Crippen MR) is 89.5 cm³/mol. The maximum absolute atomic E-state index is 12.6. The summed E-state index contributed by atoms with van der Waals surface area (Å²) in [6.07, 6.45) is 0. The van der Waals surface area contributed by atoms with Gasteiger partial charge in [-0.1, -0.05) is 28.1 Å². The fourth-order valence-electron chi connectivity index (χ4n) is 2.09. The van der Waals surface area contributed by atoms with E-state index < -0.39 is 0 Å². The molecule has 22 heavy (non-hydrogen) atoms. The Labute approximate surface area is 138 Å². The van der Waals surface area contributed by atoms with Gasteiger partial charge in [-0.05, 0) is 29.8 Å². The van der Waals surface area contributed by atoms with Crippen molar-refractivity contribution in [2.45, 2.75) is 6.54 Å². The fraction of sp³-hybridized carbons (Fsp3) is 0.235. The zero-order valence-electron chi connectivity index (χ0n) is 12.8. The average Bonchev–Trinajstić information content (AvgIpc) is 2.55. The van der Waals surface area contributed by atoms with E-state index in [-0.39, 0.29) is 5.91 Å². The minimum atomic E-state index is -0.0832. The summed E-state index contributed by atoms with van der Waals surface area (Å²) >= 11 is 3.40. The number of carbonyl (C=O) groups is 1. The molecular formula is C17H18BrNO3. The molecule has 4 nitrogen and oxygen atoms in total. The lowest BCUT2D eigenvalue weighted by Gasteiger charge is -2.18. The van der Waals surface area contributed by atoms with E-state index in [1.807, 2.05) is 24.3 Å². The van der Waals surface area contributed by atoms with E-state index in [9.17, 15) is 4.79 Å². The van der Waals surface area contributed by atoms with Crippen LogP contribution in [0.3, 0.4) is 0 Å². The zero-order chi connectivity index (χ0) is 16.1. The first-order valence-electron chi connectivity index (χ1n) is 6.76. The quantitative estimate of drug-likeness (QED) is 0.812. The van der Waals surface area contributed by atoms with Crippen molar-refractivity contribution in [1.82, 2.24) is 4.90 Å². The van der Waals surface area contributed by atoms with Crippen molar-refractivity contribution in [3.05, 3.63) is 58.1 Å². The molecule has 0 spiro atoms. The van der Waals surface area contributed by atoms with Gasteiger partial charge in [-0.25, -0.2) is 0 Å². The normalized spacial score (nSPS) is 10.2. The highest BCUT2D eigenvalue weighted by Gasteiger charge is 2.14. The molecule has 0 unspecified atom stereocenters. The number of hydrogen-bond acceptors (Lipinski definition) is 3. The first kappa shape index (κ1) is 16.4. The van der Waals surface area contributed by atoms with Crippen LogP contribution in [0.5, 0.6) is 11.5 Å². The van der Waals surface area contributed by atoms with E-state index >= 15 is 0 Å². The molecule has 2 rings (SSSR count). The van der Waals surface area contributed by atoms with Crippen LogP contribution in [-0.4, -0.2) is 32.1 Å². The third-order valence-corrected chi connectivity index (χ3v) is 3.81. The van der Waals surface area contributed by atoms with Gasteiger partial charge in [0.1, 0.15) is 11.5 Å². The Kier molecular flexibility index (Phi) is 5.44. The molecule has 0 bridgehead atoms. The number of amides is 1. The molecule has 5 heteroatoms. The molecule has 116 valence electrons. The molecule has 0 fully saturated rings. The van der Waals surface area contributed by atoms with Gasteiger partial charge in [0.2, 0.25) is 0 Å². The lowest BCUT2D eigenvalue weighted by Crippen LogP contribution is -2.26. The molecule has 0 aromatic heterocycles. The van der Waals surface area contributed by atoms with Crippen molar-refractivity contribution in [1.29, 1.82) is 0 Å². The molecule has 2 aromatic carbocycles. The van der Waals surface area contributed by atoms with E-state index in [0.717, 1.165) is 10.0 Å². The van der Waals surface area contributed by atoms with E-state index in [1.165, 1.54) is 0 Å². The molecule has 0 heterocycles. The number of methoxy groups -OCH3 is 2. The van der Waals surface area contributed by atoms with Crippen molar-refractivity contribution >= 4 is 21.8 Å². The lowest BCUT2D eigenvalue weighted by atomic mass is 10.1. The Hall–Kier alpha value is -2.01. The van der Waals surface area contributed by atoms with E-state index in [2.05, 4.69) is 15.9 Å². The van der Waals surface area contributed by atoms with Gasteiger partial charge in [0, 0.05) is 29.7 Å². The lowest BCUT2D eigenvalue weighted by molar-refractivity contribution is 0.0784. The molecule has 0 N–H and O–H groups in total. The van der Waals surface area contributed by atoms with Crippen molar-refractivity contribution in [3.8, 4) is 11.5 Å². The van der Waals surface area contributed by atoms with Gasteiger partial charge in [-0.15, -0.1) is 0 Å². The zero-order valence-corrected chi connectivity index (χ0v) is 14.4. The van der Waals surface area contributed by atoms with Gasteiger partial charge in [-0.2, -0.15) is 0 Å². The summed E-state index contributed by atoms with van der Waals surface area (Å²) in [5.74, 6) is 1.11. The highest BCUT2D eigenvalue weighted by atomic mass is 79.9. The average molecular weight is 364 g/mol. The molecule has 0 saturated heterocycles. The van der Waals surface area contributed by atoms with Crippen LogP contribution in [0.4, 0.5) is 0 Å². The maximum Gasteiger partial charge on any atom is 0.254 e. The van der Waals surface area contributed by atoms with E-state index in [1.54, 1.807) is 44.4 Å². The summed E-state index contributed by atoms with van der Waals surface area (Å²) in [6, 6.07) is 13.1. The topological polar surface area (TPSA) is 38.8 Å².